The summed E-state index contributed by atoms with van der Waals surface area (Å²) in [5, 5.41) is 17.0. The van der Waals surface area contributed by atoms with Gasteiger partial charge >= 0.3 is 6.18 Å². The van der Waals surface area contributed by atoms with Crippen LogP contribution < -0.4 is 0 Å². The second-order valence-electron chi connectivity index (χ2n) is 3.37. The lowest BCUT2D eigenvalue weighted by Crippen LogP contribution is -2.08. The quantitative estimate of drug-likeness (QED) is 0.569. The first kappa shape index (κ1) is 14.9. The minimum atomic E-state index is -4.41. The average molecular weight is 236 g/mol. The maximum absolute atomic E-state index is 12.1. The molecule has 0 fully saturated rings. The molecule has 0 amide bonds. The molecule has 0 radical (unpaired) electrons. The first-order valence-corrected chi connectivity index (χ1v) is 4.70. The summed E-state index contributed by atoms with van der Waals surface area (Å²) in [4.78, 5) is 0. The molecule has 0 aromatic carbocycles. The molecule has 0 heterocycles. The van der Waals surface area contributed by atoms with E-state index in [4.69, 9.17) is 10.2 Å². The predicted molar refractivity (Wildman–Crippen MR) is 55.6 cm³/mol. The van der Waals surface area contributed by atoms with E-state index in [1.807, 2.05) is 0 Å². The molecule has 0 saturated heterocycles. The van der Waals surface area contributed by atoms with Gasteiger partial charge in [-0.3, -0.25) is 0 Å². The van der Waals surface area contributed by atoms with E-state index >= 15 is 0 Å². The van der Waals surface area contributed by atoms with Gasteiger partial charge in [0.05, 0.1) is 0 Å². The van der Waals surface area contributed by atoms with E-state index in [1.54, 1.807) is 6.08 Å². The molecule has 0 spiro atoms. The minimum Gasteiger partial charge on any atom is -0.368 e. The highest BCUT2D eigenvalue weighted by Gasteiger charge is 2.29. The Morgan fingerprint density at radius 2 is 1.94 bits per heavy atom. The molecule has 16 heavy (non-hydrogen) atoms. The molecule has 0 aromatic rings. The monoisotopic (exact) mass is 236 g/mol. The van der Waals surface area contributed by atoms with Crippen LogP contribution in [-0.4, -0.2) is 22.7 Å². The lowest BCUT2D eigenvalue weighted by molar-refractivity contribution is -0.0878. The number of aliphatic hydroxyl groups excluding tert-OH is 1. The van der Waals surface area contributed by atoms with Crippen LogP contribution in [0.4, 0.5) is 13.2 Å². The van der Waals surface area contributed by atoms with Crippen LogP contribution in [0, 0.1) is 0 Å². The van der Waals surface area contributed by atoms with Gasteiger partial charge in [0.1, 0.15) is 0 Å². The average Bonchev–Trinajstić information content (AvgIpc) is 2.10. The van der Waals surface area contributed by atoms with Gasteiger partial charge in [-0.2, -0.15) is 13.2 Å². The number of hydrogen-bond donors (Lipinski definition) is 2. The van der Waals surface area contributed by atoms with Crippen molar-refractivity contribution < 1.29 is 23.4 Å². The van der Waals surface area contributed by atoms with Gasteiger partial charge in [-0.05, 0) is 19.4 Å². The second-order valence-corrected chi connectivity index (χ2v) is 3.37. The summed E-state index contributed by atoms with van der Waals surface area (Å²) in [6.07, 6.45) is -1.25. The molecule has 0 aliphatic carbocycles. The molecule has 0 unspecified atom stereocenters. The van der Waals surface area contributed by atoms with Crippen LogP contribution in [0.2, 0.25) is 0 Å². The Labute approximate surface area is 92.4 Å². The van der Waals surface area contributed by atoms with Crippen molar-refractivity contribution in [2.45, 2.75) is 32.2 Å². The Hall–Kier alpha value is -1.07. The smallest absolute Gasteiger partial charge is 0.368 e. The zero-order valence-electron chi connectivity index (χ0n) is 8.96. The first-order valence-electron chi connectivity index (χ1n) is 4.70. The highest BCUT2D eigenvalue weighted by Crippen LogP contribution is 2.25. The number of hydrogen-bond acceptors (Lipinski definition) is 2. The molecule has 0 aliphatic rings. The third kappa shape index (κ3) is 7.25. The second kappa shape index (κ2) is 6.50. The fourth-order valence-electron chi connectivity index (χ4n) is 0.919. The highest BCUT2D eigenvalue weighted by molar-refractivity contribution is 5.29. The van der Waals surface area contributed by atoms with E-state index in [0.29, 0.717) is 12.0 Å². The largest absolute Gasteiger partial charge is 0.415 e. The summed E-state index contributed by atoms with van der Waals surface area (Å²) in [6.45, 7) is 4.42. The molecule has 2 nitrogen and oxygen atoms in total. The van der Waals surface area contributed by atoms with Crippen LogP contribution >= 0.6 is 0 Å². The lowest BCUT2D eigenvalue weighted by Gasteiger charge is -2.05. The number of aliphatic hydroxyl groups is 2. The van der Waals surface area contributed by atoms with E-state index in [9.17, 15) is 13.2 Å². The predicted octanol–water partition coefficient (Wildman–Crippen LogP) is 2.70. The van der Waals surface area contributed by atoms with Gasteiger partial charge < -0.3 is 10.2 Å². The molecule has 0 atom stereocenters. The van der Waals surface area contributed by atoms with Crippen LogP contribution in [0.3, 0.4) is 0 Å². The van der Waals surface area contributed by atoms with Crippen LogP contribution in [0.1, 0.15) is 19.8 Å². The Morgan fingerprint density at radius 3 is 2.38 bits per heavy atom. The van der Waals surface area contributed by atoms with Crippen LogP contribution in [0.5, 0.6) is 0 Å². The van der Waals surface area contributed by atoms with Gasteiger partial charge in [-0.15, -0.1) is 0 Å². The third-order valence-electron chi connectivity index (χ3n) is 1.74. The Morgan fingerprint density at radius 1 is 1.38 bits per heavy atom. The summed E-state index contributed by atoms with van der Waals surface area (Å²) in [6, 6.07) is 0. The normalized spacial score (nSPS) is 13.8. The van der Waals surface area contributed by atoms with Crippen molar-refractivity contribution in [3.63, 3.8) is 0 Å². The zero-order valence-corrected chi connectivity index (χ0v) is 8.96. The highest BCUT2D eigenvalue weighted by atomic mass is 19.4. The summed E-state index contributed by atoms with van der Waals surface area (Å²) in [7, 11) is 0. The van der Waals surface area contributed by atoms with Gasteiger partial charge in [-0.25, -0.2) is 0 Å². The first-order chi connectivity index (χ1) is 7.23. The molecule has 0 aliphatic heterocycles. The van der Waals surface area contributed by atoms with Crippen molar-refractivity contribution in [1.82, 2.24) is 0 Å². The van der Waals surface area contributed by atoms with Gasteiger partial charge in [0, 0.05) is 12.0 Å². The number of rotatable bonds is 5. The maximum Gasteiger partial charge on any atom is 0.415 e. The number of halogens is 3. The molecule has 5 heteroatoms. The molecular weight excluding hydrogens is 221 g/mol. The number of allylic oxidation sites excluding steroid dienone is 5. The fourth-order valence-corrected chi connectivity index (χ4v) is 0.919. The van der Waals surface area contributed by atoms with E-state index in [-0.39, 0.29) is 6.42 Å². The van der Waals surface area contributed by atoms with Crippen molar-refractivity contribution in [3.05, 3.63) is 36.0 Å². The van der Waals surface area contributed by atoms with Crippen molar-refractivity contribution >= 4 is 0 Å². The van der Waals surface area contributed by atoms with Crippen LogP contribution in [0.15, 0.2) is 36.0 Å². The molecule has 0 aromatic heterocycles. The summed E-state index contributed by atoms with van der Waals surface area (Å²) in [5.41, 5.74) is -0.494. The van der Waals surface area contributed by atoms with Gasteiger partial charge in [0.15, 0.2) is 6.29 Å². The molecule has 0 rings (SSSR count). The number of alkyl halides is 3. The van der Waals surface area contributed by atoms with Crippen LogP contribution in [-0.2, 0) is 0 Å². The SMILES string of the molecule is C=C(/C=C(C)\C=C\CCC(O)O)C(F)(F)F. The van der Waals surface area contributed by atoms with Crippen molar-refractivity contribution in [2.75, 3.05) is 0 Å². The van der Waals surface area contributed by atoms with E-state index in [1.165, 1.54) is 13.0 Å². The Balaban J connectivity index is 4.20. The summed E-state index contributed by atoms with van der Waals surface area (Å²) < 4.78 is 36.2. The van der Waals surface area contributed by atoms with Gasteiger partial charge in [0.2, 0.25) is 0 Å². The third-order valence-corrected chi connectivity index (χ3v) is 1.74. The molecule has 0 bridgehead atoms. The topological polar surface area (TPSA) is 40.5 Å². The maximum atomic E-state index is 12.1. The summed E-state index contributed by atoms with van der Waals surface area (Å²) >= 11 is 0. The van der Waals surface area contributed by atoms with E-state index in [2.05, 4.69) is 6.58 Å². The zero-order chi connectivity index (χ0) is 12.8. The molecule has 0 saturated carbocycles. The standard InChI is InChI=1S/C11H15F3O2/c1-8(5-3-4-6-10(15)16)7-9(2)11(12,13)14/h3,5,7,10,15-16H,2,4,6H2,1H3/b5-3+,8-7-. The van der Waals surface area contributed by atoms with Gasteiger partial charge in [0.25, 0.3) is 0 Å². The van der Waals surface area contributed by atoms with Gasteiger partial charge in [-0.1, -0.05) is 24.3 Å². The molecule has 92 valence electrons. The van der Waals surface area contributed by atoms with E-state index < -0.39 is 18.0 Å². The summed E-state index contributed by atoms with van der Waals surface area (Å²) in [5.74, 6) is 0. The molecular formula is C11H15F3O2. The van der Waals surface area contributed by atoms with E-state index in [0.717, 1.165) is 6.08 Å². The lowest BCUT2D eigenvalue weighted by atomic mass is 10.1. The fraction of sp³-hybridized carbons (Fsp3) is 0.455. The Kier molecular flexibility index (Phi) is 6.06. The Bertz CT molecular complexity index is 288. The van der Waals surface area contributed by atoms with Crippen molar-refractivity contribution in [3.8, 4) is 0 Å². The van der Waals surface area contributed by atoms with Crippen molar-refractivity contribution in [2.24, 2.45) is 0 Å². The van der Waals surface area contributed by atoms with Crippen molar-refractivity contribution in [1.29, 1.82) is 0 Å². The van der Waals surface area contributed by atoms with Crippen LogP contribution in [0.25, 0.3) is 0 Å². The molecule has 2 N–H and O–H groups in total. The minimum absolute atomic E-state index is 0.157.